The topological polar surface area (TPSA) is 41.1 Å². The molecule has 4 nitrogen and oxygen atoms in total. The first kappa shape index (κ1) is 14.2. The van der Waals surface area contributed by atoms with E-state index in [-0.39, 0.29) is 0 Å². The molecule has 0 amide bonds. The highest BCUT2D eigenvalue weighted by Crippen LogP contribution is 2.24. The van der Waals surface area contributed by atoms with Gasteiger partial charge in [-0.05, 0) is 50.2 Å². The van der Waals surface area contributed by atoms with Gasteiger partial charge in [-0.2, -0.15) is 0 Å². The van der Waals surface area contributed by atoms with Gasteiger partial charge in [0.05, 0.1) is 12.1 Å². The summed E-state index contributed by atoms with van der Waals surface area (Å²) in [7, 11) is 0. The van der Waals surface area contributed by atoms with Crippen molar-refractivity contribution in [3.63, 3.8) is 0 Å². The van der Waals surface area contributed by atoms with Crippen LogP contribution in [0.5, 0.6) is 0 Å². The molecule has 1 saturated heterocycles. The normalized spacial score (nSPS) is 15.1. The van der Waals surface area contributed by atoms with Crippen LogP contribution >= 0.6 is 0 Å². The summed E-state index contributed by atoms with van der Waals surface area (Å²) in [5.41, 5.74) is 2.04. The maximum Gasteiger partial charge on any atom is 0.145 e. The van der Waals surface area contributed by atoms with Gasteiger partial charge in [0.1, 0.15) is 11.6 Å². The zero-order chi connectivity index (χ0) is 15.5. The highest BCUT2D eigenvalue weighted by atomic mass is 15.2. The van der Waals surface area contributed by atoms with Crippen LogP contribution in [-0.4, -0.2) is 28.0 Å². The summed E-state index contributed by atoms with van der Waals surface area (Å²) in [6.07, 6.45) is 2.56. The minimum Gasteiger partial charge on any atom is -0.340 e. The molecule has 0 saturated carbocycles. The smallest absolute Gasteiger partial charge is 0.145 e. The van der Waals surface area contributed by atoms with Crippen molar-refractivity contribution in [3.8, 4) is 0 Å². The summed E-state index contributed by atoms with van der Waals surface area (Å²) < 4.78 is 0. The van der Waals surface area contributed by atoms with Gasteiger partial charge in [0.15, 0.2) is 0 Å². The fourth-order valence-corrected chi connectivity index (χ4v) is 3.09. The molecular weight excluding hydrogens is 284 g/mol. The lowest BCUT2D eigenvalue weighted by Gasteiger charge is -2.15. The predicted octanol–water partition coefficient (Wildman–Crippen LogP) is 3.97. The molecule has 0 spiro atoms. The lowest BCUT2D eigenvalue weighted by molar-refractivity contribution is 0.323. The van der Waals surface area contributed by atoms with E-state index in [0.717, 1.165) is 47.9 Å². The standard InChI is InChI=1S/C19H20N4/c1-2-8-15(9-3-1)20-19-16-10-4-5-11-17(16)21-18(22-19)14-23-12-6-7-13-23/h1-5,8-11H,6-7,12-14H2,(H,20,21,22). The van der Waals surface area contributed by atoms with Crippen LogP contribution in [0.15, 0.2) is 54.6 Å². The molecule has 3 aromatic rings. The number of nitrogens with zero attached hydrogens (tertiary/aromatic N) is 3. The van der Waals surface area contributed by atoms with Crippen LogP contribution < -0.4 is 5.32 Å². The highest BCUT2D eigenvalue weighted by Gasteiger charge is 2.15. The molecule has 1 aliphatic rings. The number of para-hydroxylation sites is 2. The number of hydrogen-bond donors (Lipinski definition) is 1. The summed E-state index contributed by atoms with van der Waals surface area (Å²) in [5.74, 6) is 1.78. The van der Waals surface area contributed by atoms with Crippen molar-refractivity contribution in [2.45, 2.75) is 19.4 Å². The van der Waals surface area contributed by atoms with Crippen LogP contribution in [0.25, 0.3) is 10.9 Å². The first-order valence-corrected chi connectivity index (χ1v) is 8.18. The number of likely N-dealkylation sites (tertiary alicyclic amines) is 1. The van der Waals surface area contributed by atoms with E-state index in [0.29, 0.717) is 0 Å². The van der Waals surface area contributed by atoms with Crippen molar-refractivity contribution in [2.75, 3.05) is 18.4 Å². The molecule has 0 bridgehead atoms. The van der Waals surface area contributed by atoms with Gasteiger partial charge in [-0.25, -0.2) is 9.97 Å². The molecule has 4 rings (SSSR count). The molecule has 0 radical (unpaired) electrons. The second kappa shape index (κ2) is 6.34. The van der Waals surface area contributed by atoms with Crippen LogP contribution in [0, 0.1) is 0 Å². The van der Waals surface area contributed by atoms with Crippen molar-refractivity contribution in [2.24, 2.45) is 0 Å². The van der Waals surface area contributed by atoms with Gasteiger partial charge in [0.2, 0.25) is 0 Å². The van der Waals surface area contributed by atoms with Gasteiger partial charge < -0.3 is 5.32 Å². The molecule has 1 aliphatic heterocycles. The minimum absolute atomic E-state index is 0.828. The number of hydrogen-bond acceptors (Lipinski definition) is 4. The van der Waals surface area contributed by atoms with E-state index in [1.807, 2.05) is 30.3 Å². The van der Waals surface area contributed by atoms with Crippen LogP contribution in [-0.2, 0) is 6.54 Å². The molecule has 4 heteroatoms. The Bertz CT molecular complexity index is 795. The summed E-state index contributed by atoms with van der Waals surface area (Å²) in [6, 6.07) is 18.4. The molecule has 2 aromatic carbocycles. The van der Waals surface area contributed by atoms with Crippen molar-refractivity contribution in [3.05, 3.63) is 60.4 Å². The second-order valence-electron chi connectivity index (χ2n) is 5.98. The monoisotopic (exact) mass is 304 g/mol. The third-order valence-electron chi connectivity index (χ3n) is 4.25. The number of benzene rings is 2. The van der Waals surface area contributed by atoms with Gasteiger partial charge in [-0.15, -0.1) is 0 Å². The number of anilines is 2. The molecule has 23 heavy (non-hydrogen) atoms. The van der Waals surface area contributed by atoms with Crippen LogP contribution in [0.3, 0.4) is 0 Å². The molecule has 1 N–H and O–H groups in total. The molecule has 116 valence electrons. The molecule has 0 aliphatic carbocycles. The van der Waals surface area contributed by atoms with E-state index in [4.69, 9.17) is 9.97 Å². The number of nitrogens with one attached hydrogen (secondary N) is 1. The fraction of sp³-hybridized carbons (Fsp3) is 0.263. The quantitative estimate of drug-likeness (QED) is 0.792. The Morgan fingerprint density at radius 3 is 2.43 bits per heavy atom. The second-order valence-corrected chi connectivity index (χ2v) is 5.98. The zero-order valence-electron chi connectivity index (χ0n) is 13.1. The van der Waals surface area contributed by atoms with E-state index < -0.39 is 0 Å². The fourth-order valence-electron chi connectivity index (χ4n) is 3.09. The van der Waals surface area contributed by atoms with Crippen molar-refractivity contribution < 1.29 is 0 Å². The van der Waals surface area contributed by atoms with Crippen molar-refractivity contribution >= 4 is 22.4 Å². The number of fused-ring (bicyclic) bond motifs is 1. The molecule has 0 unspecified atom stereocenters. The number of rotatable bonds is 4. The van der Waals surface area contributed by atoms with Gasteiger partial charge >= 0.3 is 0 Å². The van der Waals surface area contributed by atoms with E-state index >= 15 is 0 Å². The average Bonchev–Trinajstić information content (AvgIpc) is 3.09. The van der Waals surface area contributed by atoms with Crippen LogP contribution in [0.1, 0.15) is 18.7 Å². The highest BCUT2D eigenvalue weighted by molar-refractivity contribution is 5.90. The third kappa shape index (κ3) is 3.17. The van der Waals surface area contributed by atoms with Gasteiger partial charge in [0.25, 0.3) is 0 Å². The Labute approximate surface area is 136 Å². The summed E-state index contributed by atoms with van der Waals surface area (Å²) in [5, 5.41) is 4.50. The SMILES string of the molecule is c1ccc(Nc2nc(CN3CCCC3)nc3ccccc23)cc1. The van der Waals surface area contributed by atoms with E-state index in [1.165, 1.54) is 12.8 Å². The lowest BCUT2D eigenvalue weighted by atomic mass is 10.2. The first-order valence-electron chi connectivity index (χ1n) is 8.18. The third-order valence-corrected chi connectivity index (χ3v) is 4.25. The number of aromatic nitrogens is 2. The molecular formula is C19H20N4. The summed E-state index contributed by atoms with van der Waals surface area (Å²) >= 11 is 0. The lowest BCUT2D eigenvalue weighted by Crippen LogP contribution is -2.20. The van der Waals surface area contributed by atoms with Gasteiger partial charge in [-0.1, -0.05) is 30.3 Å². The summed E-state index contributed by atoms with van der Waals surface area (Å²) in [6.45, 7) is 3.13. The van der Waals surface area contributed by atoms with Gasteiger partial charge in [0, 0.05) is 11.1 Å². The van der Waals surface area contributed by atoms with Crippen molar-refractivity contribution in [1.82, 2.24) is 14.9 Å². The molecule has 0 atom stereocenters. The average molecular weight is 304 g/mol. The zero-order valence-corrected chi connectivity index (χ0v) is 13.1. The van der Waals surface area contributed by atoms with E-state index in [2.05, 4.69) is 34.5 Å². The Kier molecular flexibility index (Phi) is 3.90. The maximum atomic E-state index is 4.80. The Morgan fingerprint density at radius 1 is 0.870 bits per heavy atom. The Morgan fingerprint density at radius 2 is 1.61 bits per heavy atom. The largest absolute Gasteiger partial charge is 0.340 e. The Hall–Kier alpha value is -2.46. The van der Waals surface area contributed by atoms with E-state index in [1.54, 1.807) is 0 Å². The van der Waals surface area contributed by atoms with E-state index in [9.17, 15) is 0 Å². The summed E-state index contributed by atoms with van der Waals surface area (Å²) in [4.78, 5) is 12.0. The van der Waals surface area contributed by atoms with Crippen molar-refractivity contribution in [1.29, 1.82) is 0 Å². The van der Waals surface area contributed by atoms with Crippen LogP contribution in [0.2, 0.25) is 0 Å². The predicted molar refractivity (Wildman–Crippen MR) is 93.8 cm³/mol. The Balaban J connectivity index is 1.71. The molecule has 1 fully saturated rings. The first-order chi connectivity index (χ1) is 11.4. The maximum absolute atomic E-state index is 4.80. The van der Waals surface area contributed by atoms with Crippen LogP contribution in [0.4, 0.5) is 11.5 Å². The molecule has 1 aromatic heterocycles. The van der Waals surface area contributed by atoms with Gasteiger partial charge in [-0.3, -0.25) is 4.90 Å². The minimum atomic E-state index is 0.828. The molecule has 2 heterocycles.